The maximum Gasteiger partial charge on any atom is 0.231 e. The number of amides is 1. The van der Waals surface area contributed by atoms with E-state index < -0.39 is 5.82 Å². The van der Waals surface area contributed by atoms with Crippen LogP contribution in [0.4, 0.5) is 10.1 Å². The predicted octanol–water partition coefficient (Wildman–Crippen LogP) is 3.34. The lowest BCUT2D eigenvalue weighted by Crippen LogP contribution is -2.20. The van der Waals surface area contributed by atoms with Gasteiger partial charge in [0.25, 0.3) is 0 Å². The van der Waals surface area contributed by atoms with E-state index in [-0.39, 0.29) is 17.3 Å². The van der Waals surface area contributed by atoms with E-state index in [2.05, 4.69) is 15.9 Å². The fraction of sp³-hybridized carbons (Fsp3) is 0.125. The normalized spacial score (nSPS) is 13.5. The molecule has 3 nitrogen and oxygen atoms in total. The van der Waals surface area contributed by atoms with Crippen molar-refractivity contribution in [2.24, 2.45) is 0 Å². The Morgan fingerprint density at radius 1 is 1.19 bits per heavy atom. The molecule has 1 aliphatic rings. The Kier molecular flexibility index (Phi) is 3.37. The molecule has 0 saturated heterocycles. The van der Waals surface area contributed by atoms with Crippen LogP contribution < -0.4 is 4.90 Å². The first-order valence-electron chi connectivity index (χ1n) is 6.36. The van der Waals surface area contributed by atoms with E-state index in [1.165, 1.54) is 12.1 Å². The summed E-state index contributed by atoms with van der Waals surface area (Å²) in [5.41, 5.74) is 2.37. The van der Waals surface area contributed by atoms with Gasteiger partial charge in [-0.25, -0.2) is 4.39 Å². The summed E-state index contributed by atoms with van der Waals surface area (Å²) < 4.78 is 13.9. The monoisotopic (exact) mass is 347 g/mol. The molecule has 0 unspecified atom stereocenters. The average molecular weight is 348 g/mol. The van der Waals surface area contributed by atoms with Crippen molar-refractivity contribution in [3.05, 3.63) is 63.4 Å². The Morgan fingerprint density at radius 3 is 2.67 bits per heavy atom. The van der Waals surface area contributed by atoms with Crippen molar-refractivity contribution in [1.29, 1.82) is 0 Å². The first kappa shape index (κ1) is 13.9. The van der Waals surface area contributed by atoms with Crippen LogP contribution in [0, 0.1) is 5.82 Å². The van der Waals surface area contributed by atoms with Gasteiger partial charge in [-0.3, -0.25) is 9.59 Å². The van der Waals surface area contributed by atoms with Gasteiger partial charge in [0.05, 0.1) is 6.42 Å². The fourth-order valence-electron chi connectivity index (χ4n) is 2.46. The number of hydrogen-bond donors (Lipinski definition) is 0. The molecule has 0 N–H and O–H groups in total. The largest absolute Gasteiger partial charge is 0.315 e. The lowest BCUT2D eigenvalue weighted by Gasteiger charge is -2.10. The summed E-state index contributed by atoms with van der Waals surface area (Å²) in [6, 6.07) is 9.20. The lowest BCUT2D eigenvalue weighted by atomic mass is 10.00. The Balaban J connectivity index is 2.00. The summed E-state index contributed by atoms with van der Waals surface area (Å²) in [6.07, 6.45) is 0.291. The molecule has 1 heterocycles. The van der Waals surface area contributed by atoms with Crippen molar-refractivity contribution >= 4 is 33.3 Å². The number of fused-ring (bicyclic) bond motifs is 1. The molecule has 0 bridgehead atoms. The van der Waals surface area contributed by atoms with Crippen LogP contribution in [0.25, 0.3) is 0 Å². The van der Waals surface area contributed by atoms with Gasteiger partial charge in [-0.05, 0) is 42.0 Å². The zero-order chi connectivity index (χ0) is 15.1. The first-order valence-corrected chi connectivity index (χ1v) is 7.15. The van der Waals surface area contributed by atoms with Crippen molar-refractivity contribution in [1.82, 2.24) is 0 Å². The van der Waals surface area contributed by atoms with Crippen molar-refractivity contribution < 1.29 is 14.0 Å². The number of carbonyl (C=O) groups is 2. The molecule has 0 aliphatic carbocycles. The summed E-state index contributed by atoms with van der Waals surface area (Å²) in [5, 5.41) is 0. The molecular formula is C16H11BrFNO2. The van der Waals surface area contributed by atoms with Gasteiger partial charge in [-0.1, -0.05) is 15.9 Å². The summed E-state index contributed by atoms with van der Waals surface area (Å²) in [5.74, 6) is -0.730. The number of anilines is 1. The van der Waals surface area contributed by atoms with Crippen LogP contribution in [0.3, 0.4) is 0 Å². The Labute approximate surface area is 129 Å². The molecule has 21 heavy (non-hydrogen) atoms. The Bertz CT molecular complexity index is 753. The Morgan fingerprint density at radius 2 is 1.95 bits per heavy atom. The zero-order valence-corrected chi connectivity index (χ0v) is 12.8. The van der Waals surface area contributed by atoms with E-state index in [9.17, 15) is 14.0 Å². The fourth-order valence-corrected chi connectivity index (χ4v) is 2.93. The Hall–Kier alpha value is -2.01. The molecule has 0 atom stereocenters. The zero-order valence-electron chi connectivity index (χ0n) is 11.2. The van der Waals surface area contributed by atoms with Gasteiger partial charge in [0, 0.05) is 28.3 Å². The maximum absolute atomic E-state index is 13.4. The number of benzene rings is 2. The van der Waals surface area contributed by atoms with E-state index in [0.717, 1.165) is 11.3 Å². The molecule has 0 radical (unpaired) electrons. The first-order chi connectivity index (χ1) is 9.95. The highest BCUT2D eigenvalue weighted by Crippen LogP contribution is 2.29. The van der Waals surface area contributed by atoms with E-state index in [1.54, 1.807) is 36.2 Å². The molecule has 5 heteroatoms. The van der Waals surface area contributed by atoms with Gasteiger partial charge in [0.15, 0.2) is 5.78 Å². The molecule has 3 rings (SSSR count). The molecule has 2 aromatic rings. The van der Waals surface area contributed by atoms with Crippen LogP contribution in [-0.2, 0) is 11.2 Å². The number of likely N-dealkylation sites (N-methyl/N-ethyl adjacent to an activating group) is 1. The summed E-state index contributed by atoms with van der Waals surface area (Å²) in [6.45, 7) is 0. The summed E-state index contributed by atoms with van der Waals surface area (Å²) >= 11 is 3.18. The molecule has 106 valence electrons. The molecule has 1 amide bonds. The third-order valence-electron chi connectivity index (χ3n) is 3.54. The van der Waals surface area contributed by atoms with Crippen molar-refractivity contribution in [2.45, 2.75) is 6.42 Å². The highest BCUT2D eigenvalue weighted by atomic mass is 79.9. The highest BCUT2D eigenvalue weighted by molar-refractivity contribution is 9.10. The van der Waals surface area contributed by atoms with Gasteiger partial charge in [0.2, 0.25) is 5.91 Å². The van der Waals surface area contributed by atoms with Crippen LogP contribution in [0.15, 0.2) is 40.9 Å². The third-order valence-corrected chi connectivity index (χ3v) is 4.00. The minimum Gasteiger partial charge on any atom is -0.315 e. The second-order valence-corrected chi connectivity index (χ2v) is 5.88. The van der Waals surface area contributed by atoms with E-state index in [0.29, 0.717) is 16.5 Å². The molecule has 0 fully saturated rings. The predicted molar refractivity (Wildman–Crippen MR) is 81.1 cm³/mol. The van der Waals surface area contributed by atoms with Crippen molar-refractivity contribution in [3.63, 3.8) is 0 Å². The minimum atomic E-state index is -0.469. The van der Waals surface area contributed by atoms with Crippen LogP contribution in [0.5, 0.6) is 0 Å². The SMILES string of the molecule is CN1C(=O)Cc2cc(C(=O)c3cc(F)cc(Br)c3)ccc21. The van der Waals surface area contributed by atoms with Crippen LogP contribution in [-0.4, -0.2) is 18.7 Å². The molecule has 0 spiro atoms. The van der Waals surface area contributed by atoms with Crippen molar-refractivity contribution in [3.8, 4) is 0 Å². The number of hydrogen-bond acceptors (Lipinski definition) is 2. The number of halogens is 2. The van der Waals surface area contributed by atoms with Gasteiger partial charge in [-0.15, -0.1) is 0 Å². The number of ketones is 1. The van der Waals surface area contributed by atoms with E-state index in [1.807, 2.05) is 0 Å². The van der Waals surface area contributed by atoms with Gasteiger partial charge in [-0.2, -0.15) is 0 Å². The third kappa shape index (κ3) is 2.49. The topological polar surface area (TPSA) is 37.4 Å². The van der Waals surface area contributed by atoms with Crippen LogP contribution in [0.1, 0.15) is 21.5 Å². The van der Waals surface area contributed by atoms with E-state index in [4.69, 9.17) is 0 Å². The van der Waals surface area contributed by atoms with Gasteiger partial charge in [0.1, 0.15) is 5.82 Å². The standard InChI is InChI=1S/C16H11BrFNO2/c1-19-14-3-2-9(4-10(14)7-15(19)20)16(21)11-5-12(17)8-13(18)6-11/h2-6,8H,7H2,1H3. The van der Waals surface area contributed by atoms with E-state index >= 15 is 0 Å². The molecule has 1 aliphatic heterocycles. The van der Waals surface area contributed by atoms with Gasteiger partial charge >= 0.3 is 0 Å². The number of nitrogens with zero attached hydrogens (tertiary/aromatic N) is 1. The second kappa shape index (κ2) is 5.07. The van der Waals surface area contributed by atoms with Crippen LogP contribution in [0.2, 0.25) is 0 Å². The quantitative estimate of drug-likeness (QED) is 0.781. The molecule has 0 aromatic heterocycles. The minimum absolute atomic E-state index is 0.00287. The lowest BCUT2D eigenvalue weighted by molar-refractivity contribution is -0.117. The summed E-state index contributed by atoms with van der Waals surface area (Å²) in [7, 11) is 1.71. The molecule has 2 aromatic carbocycles. The molecule has 0 saturated carbocycles. The number of rotatable bonds is 2. The van der Waals surface area contributed by atoms with Crippen molar-refractivity contribution in [2.75, 3.05) is 11.9 Å². The average Bonchev–Trinajstić information content (AvgIpc) is 2.71. The maximum atomic E-state index is 13.4. The molecular weight excluding hydrogens is 337 g/mol. The number of carbonyl (C=O) groups excluding carboxylic acids is 2. The summed E-state index contributed by atoms with van der Waals surface area (Å²) in [4.78, 5) is 25.7. The van der Waals surface area contributed by atoms with Gasteiger partial charge < -0.3 is 4.90 Å². The highest BCUT2D eigenvalue weighted by Gasteiger charge is 2.25. The second-order valence-electron chi connectivity index (χ2n) is 4.96. The smallest absolute Gasteiger partial charge is 0.231 e. The van der Waals surface area contributed by atoms with Crippen LogP contribution >= 0.6 is 15.9 Å².